The van der Waals surface area contributed by atoms with Crippen LogP contribution in [0.4, 0.5) is 0 Å². The van der Waals surface area contributed by atoms with E-state index in [-0.39, 0.29) is 28.8 Å². The molecule has 8 heteroatoms. The van der Waals surface area contributed by atoms with Crippen LogP contribution in [0.5, 0.6) is 11.8 Å². The maximum absolute atomic E-state index is 11.5. The Hall–Kier alpha value is -3.94. The number of hydrogen-bond acceptors (Lipinski definition) is 6. The van der Waals surface area contributed by atoms with E-state index < -0.39 is 5.97 Å². The molecule has 0 saturated carbocycles. The molecule has 0 unspecified atom stereocenters. The number of carbonyl (C=O) groups is 1. The van der Waals surface area contributed by atoms with Gasteiger partial charge in [0.05, 0.1) is 5.56 Å². The molecule has 2 aromatic carbocycles. The van der Waals surface area contributed by atoms with E-state index in [0.717, 1.165) is 11.1 Å². The molecule has 0 fully saturated rings. The zero-order chi connectivity index (χ0) is 21.4. The van der Waals surface area contributed by atoms with Crippen molar-refractivity contribution in [2.24, 2.45) is 0 Å². The summed E-state index contributed by atoms with van der Waals surface area (Å²) in [7, 11) is 0. The van der Waals surface area contributed by atoms with Crippen LogP contribution in [-0.2, 0) is 6.54 Å². The molecule has 0 aliphatic carbocycles. The number of aromatic carboxylic acids is 1. The highest BCUT2D eigenvalue weighted by Crippen LogP contribution is 2.32. The summed E-state index contributed by atoms with van der Waals surface area (Å²) in [6.07, 6.45) is 0. The number of benzene rings is 2. The van der Waals surface area contributed by atoms with E-state index in [2.05, 4.69) is 15.2 Å². The van der Waals surface area contributed by atoms with Crippen LogP contribution in [0.2, 0.25) is 0 Å². The van der Waals surface area contributed by atoms with Crippen molar-refractivity contribution in [2.75, 3.05) is 0 Å². The highest BCUT2D eigenvalue weighted by Gasteiger charge is 2.21. The molecule has 4 aromatic rings. The van der Waals surface area contributed by atoms with Crippen molar-refractivity contribution in [1.29, 1.82) is 0 Å². The van der Waals surface area contributed by atoms with Crippen molar-refractivity contribution in [3.05, 3.63) is 65.5 Å². The summed E-state index contributed by atoms with van der Waals surface area (Å²) in [6.45, 7) is 4.33. The van der Waals surface area contributed by atoms with Gasteiger partial charge in [0.1, 0.15) is 11.3 Å². The Labute approximate surface area is 172 Å². The van der Waals surface area contributed by atoms with E-state index in [1.165, 1.54) is 0 Å². The van der Waals surface area contributed by atoms with E-state index in [9.17, 15) is 20.1 Å². The molecule has 4 rings (SSSR count). The fourth-order valence-electron chi connectivity index (χ4n) is 3.54. The zero-order valence-electron chi connectivity index (χ0n) is 16.4. The van der Waals surface area contributed by atoms with Crippen molar-refractivity contribution >= 4 is 17.0 Å². The number of nitrogens with zero attached hydrogens (tertiary/aromatic N) is 4. The van der Waals surface area contributed by atoms with E-state index in [4.69, 9.17) is 0 Å². The van der Waals surface area contributed by atoms with Gasteiger partial charge >= 0.3 is 5.97 Å². The lowest BCUT2D eigenvalue weighted by Crippen LogP contribution is -2.07. The normalized spacial score (nSPS) is 11.3. The molecule has 152 valence electrons. The number of rotatable bonds is 5. The molecule has 3 N–H and O–H groups in total. The standard InChI is InChI=1S/C22H20N4O4/c1-12(2)19-23-17-18(21(28)25-24-20(17)27)26(19)11-13-7-9-14(10-8-13)15-5-3-4-6-16(15)22(29)30/h3-10,12H,11H2,1-2H3,(H,24,27)(H,25,28)(H,29,30). The monoisotopic (exact) mass is 404 g/mol. The first-order chi connectivity index (χ1) is 14.4. The molecule has 0 aliphatic rings. The van der Waals surface area contributed by atoms with Crippen LogP contribution in [0, 0.1) is 0 Å². The molecule has 2 heterocycles. The van der Waals surface area contributed by atoms with Crippen molar-refractivity contribution in [2.45, 2.75) is 26.3 Å². The average Bonchev–Trinajstić information content (AvgIpc) is 3.12. The second-order valence-electron chi connectivity index (χ2n) is 7.30. The number of hydrogen-bond donors (Lipinski definition) is 3. The molecule has 0 atom stereocenters. The van der Waals surface area contributed by atoms with Gasteiger partial charge in [-0.2, -0.15) is 0 Å². The van der Waals surface area contributed by atoms with Crippen molar-refractivity contribution in [1.82, 2.24) is 19.7 Å². The molecule has 0 aliphatic heterocycles. The first-order valence-corrected chi connectivity index (χ1v) is 9.43. The van der Waals surface area contributed by atoms with Crippen LogP contribution < -0.4 is 0 Å². The molecule has 0 bridgehead atoms. The van der Waals surface area contributed by atoms with Crippen molar-refractivity contribution in [3.63, 3.8) is 0 Å². The molecule has 30 heavy (non-hydrogen) atoms. The summed E-state index contributed by atoms with van der Waals surface area (Å²) >= 11 is 0. The number of aromatic hydroxyl groups is 2. The summed E-state index contributed by atoms with van der Waals surface area (Å²) < 4.78 is 1.81. The molecule has 0 saturated heterocycles. The molecule has 0 spiro atoms. The Morgan fingerprint density at radius 1 is 1.00 bits per heavy atom. The third-order valence-corrected chi connectivity index (χ3v) is 4.94. The third kappa shape index (κ3) is 3.32. The van der Waals surface area contributed by atoms with Gasteiger partial charge in [-0.1, -0.05) is 56.3 Å². The predicted octanol–water partition coefficient (Wildman–Crippen LogP) is 3.77. The number of aromatic nitrogens is 4. The Kier molecular flexibility index (Phi) is 4.83. The highest BCUT2D eigenvalue weighted by molar-refractivity contribution is 5.96. The lowest BCUT2D eigenvalue weighted by molar-refractivity contribution is 0.0697. The fraction of sp³-hybridized carbons (Fsp3) is 0.182. The predicted molar refractivity (Wildman–Crippen MR) is 111 cm³/mol. The molecule has 0 radical (unpaired) electrons. The summed E-state index contributed by atoms with van der Waals surface area (Å²) in [4.78, 5) is 15.9. The minimum absolute atomic E-state index is 0.0397. The van der Waals surface area contributed by atoms with Gasteiger partial charge in [0.15, 0.2) is 5.52 Å². The smallest absolute Gasteiger partial charge is 0.336 e. The van der Waals surface area contributed by atoms with Gasteiger partial charge in [-0.15, -0.1) is 10.2 Å². The maximum Gasteiger partial charge on any atom is 0.336 e. The Bertz CT molecular complexity index is 1250. The number of fused-ring (bicyclic) bond motifs is 1. The third-order valence-electron chi connectivity index (χ3n) is 4.94. The first kappa shape index (κ1) is 19.4. The molecular weight excluding hydrogens is 384 g/mol. The number of carboxylic acid groups (broad SMARTS) is 1. The Morgan fingerprint density at radius 3 is 2.33 bits per heavy atom. The van der Waals surface area contributed by atoms with E-state index in [0.29, 0.717) is 23.4 Å². The largest absolute Gasteiger partial charge is 0.491 e. The van der Waals surface area contributed by atoms with Crippen LogP contribution >= 0.6 is 0 Å². The minimum Gasteiger partial charge on any atom is -0.491 e. The SMILES string of the molecule is CC(C)c1nc2c(O)nnc(O)c2n1Cc1ccc(-c2ccccc2C(=O)O)cc1. The Balaban J connectivity index is 1.75. The van der Waals surface area contributed by atoms with Crippen LogP contribution in [0.1, 0.15) is 41.5 Å². The average molecular weight is 404 g/mol. The lowest BCUT2D eigenvalue weighted by atomic mass is 9.98. The topological polar surface area (TPSA) is 121 Å². The van der Waals surface area contributed by atoms with Crippen LogP contribution in [0.15, 0.2) is 48.5 Å². The van der Waals surface area contributed by atoms with Gasteiger partial charge in [-0.05, 0) is 22.8 Å². The van der Waals surface area contributed by atoms with Crippen molar-refractivity contribution in [3.8, 4) is 22.9 Å². The van der Waals surface area contributed by atoms with Gasteiger partial charge in [0.2, 0.25) is 0 Å². The van der Waals surface area contributed by atoms with Gasteiger partial charge in [0, 0.05) is 12.5 Å². The van der Waals surface area contributed by atoms with Crippen LogP contribution in [-0.4, -0.2) is 41.0 Å². The molecule has 8 nitrogen and oxygen atoms in total. The maximum atomic E-state index is 11.5. The molecular formula is C22H20N4O4. The summed E-state index contributed by atoms with van der Waals surface area (Å²) in [5, 5.41) is 36.8. The quantitative estimate of drug-likeness (QED) is 0.463. The van der Waals surface area contributed by atoms with Gasteiger partial charge < -0.3 is 19.9 Å². The summed E-state index contributed by atoms with van der Waals surface area (Å²) in [5.41, 5.74) is 3.13. The summed E-state index contributed by atoms with van der Waals surface area (Å²) in [6, 6.07) is 14.4. The minimum atomic E-state index is -0.975. The van der Waals surface area contributed by atoms with Crippen molar-refractivity contribution < 1.29 is 20.1 Å². The number of carboxylic acids is 1. The molecule has 0 amide bonds. The fourth-order valence-corrected chi connectivity index (χ4v) is 3.54. The van der Waals surface area contributed by atoms with E-state index in [1.54, 1.807) is 24.3 Å². The number of imidazole rings is 1. The van der Waals surface area contributed by atoms with Gasteiger partial charge in [-0.3, -0.25) is 0 Å². The second-order valence-corrected chi connectivity index (χ2v) is 7.30. The first-order valence-electron chi connectivity index (χ1n) is 9.43. The lowest BCUT2D eigenvalue weighted by Gasteiger charge is -2.13. The zero-order valence-corrected chi connectivity index (χ0v) is 16.4. The Morgan fingerprint density at radius 2 is 1.67 bits per heavy atom. The van der Waals surface area contributed by atoms with Gasteiger partial charge in [0.25, 0.3) is 11.8 Å². The molecule has 2 aromatic heterocycles. The van der Waals surface area contributed by atoms with E-state index >= 15 is 0 Å². The summed E-state index contributed by atoms with van der Waals surface area (Å²) in [5.74, 6) is -0.876. The second kappa shape index (κ2) is 7.47. The van der Waals surface area contributed by atoms with Gasteiger partial charge in [-0.25, -0.2) is 9.78 Å². The van der Waals surface area contributed by atoms with Crippen LogP contribution in [0.25, 0.3) is 22.2 Å². The van der Waals surface area contributed by atoms with Crippen LogP contribution in [0.3, 0.4) is 0 Å². The van der Waals surface area contributed by atoms with E-state index in [1.807, 2.05) is 42.7 Å². The highest BCUT2D eigenvalue weighted by atomic mass is 16.4.